The fraction of sp³-hybridized carbons (Fsp3) is 0.417. The Bertz CT molecular complexity index is 446. The number of carbonyl (C=O) groups excluding carboxylic acids is 1. The highest BCUT2D eigenvalue weighted by Gasteiger charge is 2.37. The van der Waals surface area contributed by atoms with Gasteiger partial charge in [0.25, 0.3) is 5.91 Å². The van der Waals surface area contributed by atoms with Crippen LogP contribution in [0.4, 0.5) is 13.2 Å². The summed E-state index contributed by atoms with van der Waals surface area (Å²) in [5, 5.41) is 2.58. The van der Waals surface area contributed by atoms with Gasteiger partial charge in [0.05, 0.1) is 0 Å². The second-order valence-corrected chi connectivity index (χ2v) is 4.75. The smallest absolute Gasteiger partial charge is 0.251 e. The van der Waals surface area contributed by atoms with Gasteiger partial charge in [-0.15, -0.1) is 0 Å². The van der Waals surface area contributed by atoms with Crippen LogP contribution in [0.2, 0.25) is 0 Å². The van der Waals surface area contributed by atoms with E-state index in [1.165, 1.54) is 0 Å². The number of hydrogen-bond donors (Lipinski definition) is 1. The maximum atomic E-state index is 12.9. The van der Waals surface area contributed by atoms with Crippen LogP contribution in [0.15, 0.2) is 12.1 Å². The van der Waals surface area contributed by atoms with Gasteiger partial charge >= 0.3 is 0 Å². The first-order valence-corrected chi connectivity index (χ1v) is 5.34. The van der Waals surface area contributed by atoms with Crippen LogP contribution in [0.3, 0.4) is 0 Å². The Morgan fingerprint density at radius 1 is 1.29 bits per heavy atom. The molecule has 92 valence electrons. The largest absolute Gasteiger partial charge is 0.351 e. The van der Waals surface area contributed by atoms with Crippen LogP contribution in [-0.4, -0.2) is 12.5 Å². The van der Waals surface area contributed by atoms with Crippen molar-refractivity contribution in [3.8, 4) is 0 Å². The second-order valence-electron chi connectivity index (χ2n) is 4.75. The summed E-state index contributed by atoms with van der Waals surface area (Å²) in [6, 6.07) is 1.39. The van der Waals surface area contributed by atoms with Crippen LogP contribution in [0, 0.1) is 22.9 Å². The summed E-state index contributed by atoms with van der Waals surface area (Å²) in [6.45, 7) is 2.48. The van der Waals surface area contributed by atoms with E-state index in [1.54, 1.807) is 0 Å². The van der Waals surface area contributed by atoms with Gasteiger partial charge in [0, 0.05) is 12.1 Å². The molecule has 1 aromatic carbocycles. The molecular formula is C12H12F3NO. The SMILES string of the molecule is CC1(CNC(=O)c2cc(F)c(F)c(F)c2)CC1. The van der Waals surface area contributed by atoms with Crippen LogP contribution in [-0.2, 0) is 0 Å². The van der Waals surface area contributed by atoms with Gasteiger partial charge in [-0.05, 0) is 30.4 Å². The van der Waals surface area contributed by atoms with E-state index in [9.17, 15) is 18.0 Å². The van der Waals surface area contributed by atoms with Crippen LogP contribution < -0.4 is 5.32 Å². The van der Waals surface area contributed by atoms with Gasteiger partial charge in [0.2, 0.25) is 0 Å². The lowest BCUT2D eigenvalue weighted by atomic mass is 10.1. The highest BCUT2D eigenvalue weighted by Crippen LogP contribution is 2.44. The lowest BCUT2D eigenvalue weighted by Gasteiger charge is -2.10. The molecule has 1 saturated carbocycles. The molecule has 1 N–H and O–H groups in total. The van der Waals surface area contributed by atoms with Gasteiger partial charge in [0.1, 0.15) is 0 Å². The highest BCUT2D eigenvalue weighted by molar-refractivity contribution is 5.94. The lowest BCUT2D eigenvalue weighted by Crippen LogP contribution is -2.29. The Kier molecular flexibility index (Phi) is 2.85. The molecule has 2 nitrogen and oxygen atoms in total. The van der Waals surface area contributed by atoms with E-state index in [0.29, 0.717) is 18.7 Å². The van der Waals surface area contributed by atoms with Crippen LogP contribution in [0.5, 0.6) is 0 Å². The molecule has 0 atom stereocenters. The number of amides is 1. The lowest BCUT2D eigenvalue weighted by molar-refractivity contribution is 0.0945. The first-order valence-electron chi connectivity index (χ1n) is 5.34. The molecule has 1 aliphatic carbocycles. The molecule has 1 aromatic rings. The zero-order valence-corrected chi connectivity index (χ0v) is 9.32. The Morgan fingerprint density at radius 3 is 2.29 bits per heavy atom. The van der Waals surface area contributed by atoms with E-state index in [2.05, 4.69) is 5.32 Å². The van der Waals surface area contributed by atoms with E-state index < -0.39 is 23.4 Å². The average Bonchev–Trinajstić information content (AvgIpc) is 3.01. The van der Waals surface area contributed by atoms with Gasteiger partial charge in [-0.3, -0.25) is 4.79 Å². The van der Waals surface area contributed by atoms with Crippen molar-refractivity contribution in [1.82, 2.24) is 5.32 Å². The molecule has 0 heterocycles. The van der Waals surface area contributed by atoms with Crippen LogP contribution in [0.1, 0.15) is 30.1 Å². The fourth-order valence-corrected chi connectivity index (χ4v) is 1.47. The minimum Gasteiger partial charge on any atom is -0.351 e. The number of benzene rings is 1. The number of hydrogen-bond acceptors (Lipinski definition) is 1. The van der Waals surface area contributed by atoms with Gasteiger partial charge in [0.15, 0.2) is 17.5 Å². The van der Waals surface area contributed by atoms with Crippen molar-refractivity contribution in [3.63, 3.8) is 0 Å². The topological polar surface area (TPSA) is 29.1 Å². The van der Waals surface area contributed by atoms with Gasteiger partial charge in [-0.2, -0.15) is 0 Å². The zero-order chi connectivity index (χ0) is 12.6. The number of carbonyl (C=O) groups is 1. The van der Waals surface area contributed by atoms with Crippen molar-refractivity contribution in [1.29, 1.82) is 0 Å². The summed E-state index contributed by atoms with van der Waals surface area (Å²) in [5.74, 6) is -4.85. The third kappa shape index (κ3) is 2.60. The minimum absolute atomic E-state index is 0.104. The molecule has 0 radical (unpaired) electrons. The summed E-state index contributed by atoms with van der Waals surface area (Å²) in [6.07, 6.45) is 2.05. The molecule has 1 fully saturated rings. The van der Waals surface area contributed by atoms with E-state index in [4.69, 9.17) is 0 Å². The monoisotopic (exact) mass is 243 g/mol. The zero-order valence-electron chi connectivity index (χ0n) is 9.32. The van der Waals surface area contributed by atoms with Crippen LogP contribution in [0.25, 0.3) is 0 Å². The standard InChI is InChI=1S/C12H12F3NO/c1-12(2-3-12)6-16-11(17)7-4-8(13)10(15)9(14)5-7/h4-5H,2-3,6H2,1H3,(H,16,17). The maximum absolute atomic E-state index is 12.9. The normalized spacial score (nSPS) is 16.7. The molecule has 1 amide bonds. The van der Waals surface area contributed by atoms with Crippen molar-refractivity contribution >= 4 is 5.91 Å². The first kappa shape index (κ1) is 12.0. The first-order chi connectivity index (χ1) is 7.91. The Hall–Kier alpha value is -1.52. The molecule has 0 saturated heterocycles. The number of rotatable bonds is 3. The minimum atomic E-state index is -1.56. The van der Waals surface area contributed by atoms with Crippen molar-refractivity contribution in [2.24, 2.45) is 5.41 Å². The molecule has 0 aliphatic heterocycles. The van der Waals surface area contributed by atoms with Crippen molar-refractivity contribution < 1.29 is 18.0 Å². The van der Waals surface area contributed by atoms with Crippen molar-refractivity contribution in [3.05, 3.63) is 35.1 Å². The quantitative estimate of drug-likeness (QED) is 0.812. The Balaban J connectivity index is 2.08. The third-order valence-corrected chi connectivity index (χ3v) is 3.03. The highest BCUT2D eigenvalue weighted by atomic mass is 19.2. The molecule has 2 rings (SSSR count). The van der Waals surface area contributed by atoms with Gasteiger partial charge in [-0.1, -0.05) is 6.92 Å². The maximum Gasteiger partial charge on any atom is 0.251 e. The summed E-state index contributed by atoms with van der Waals surface area (Å²) in [5.41, 5.74) is -0.0992. The summed E-state index contributed by atoms with van der Waals surface area (Å²) >= 11 is 0. The van der Waals surface area contributed by atoms with E-state index in [0.717, 1.165) is 12.8 Å². The fourth-order valence-electron chi connectivity index (χ4n) is 1.47. The predicted molar refractivity (Wildman–Crippen MR) is 56.0 cm³/mol. The molecule has 5 heteroatoms. The Labute approximate surface area is 96.8 Å². The number of nitrogens with one attached hydrogen (secondary N) is 1. The van der Waals surface area contributed by atoms with E-state index in [1.807, 2.05) is 6.92 Å². The molecular weight excluding hydrogens is 231 g/mol. The van der Waals surface area contributed by atoms with Crippen molar-refractivity contribution in [2.75, 3.05) is 6.54 Å². The van der Waals surface area contributed by atoms with E-state index >= 15 is 0 Å². The summed E-state index contributed by atoms with van der Waals surface area (Å²) in [4.78, 5) is 11.6. The molecule has 1 aliphatic rings. The second kappa shape index (κ2) is 4.05. The molecule has 17 heavy (non-hydrogen) atoms. The summed E-state index contributed by atoms with van der Waals surface area (Å²) in [7, 11) is 0. The molecule has 0 aromatic heterocycles. The molecule has 0 unspecified atom stereocenters. The average molecular weight is 243 g/mol. The van der Waals surface area contributed by atoms with Gasteiger partial charge in [-0.25, -0.2) is 13.2 Å². The molecule has 0 spiro atoms. The number of halogens is 3. The van der Waals surface area contributed by atoms with Crippen molar-refractivity contribution in [2.45, 2.75) is 19.8 Å². The predicted octanol–water partition coefficient (Wildman–Crippen LogP) is 2.63. The third-order valence-electron chi connectivity index (χ3n) is 3.03. The molecule has 0 bridgehead atoms. The van der Waals surface area contributed by atoms with Gasteiger partial charge < -0.3 is 5.32 Å². The van der Waals surface area contributed by atoms with Crippen LogP contribution >= 0.6 is 0 Å². The summed E-state index contributed by atoms with van der Waals surface area (Å²) < 4.78 is 38.5. The Morgan fingerprint density at radius 2 is 1.82 bits per heavy atom. The van der Waals surface area contributed by atoms with E-state index in [-0.39, 0.29) is 11.0 Å².